The third-order valence-electron chi connectivity index (χ3n) is 4.74. The van der Waals surface area contributed by atoms with Crippen molar-refractivity contribution in [3.8, 4) is 5.75 Å². The average Bonchev–Trinajstić information content (AvgIpc) is 2.62. The van der Waals surface area contributed by atoms with Crippen LogP contribution in [0.3, 0.4) is 0 Å². The number of aromatic nitrogens is 1. The summed E-state index contributed by atoms with van der Waals surface area (Å²) in [6.45, 7) is 8.21. The van der Waals surface area contributed by atoms with E-state index in [0.29, 0.717) is 22.6 Å². The summed E-state index contributed by atoms with van der Waals surface area (Å²) in [5.74, 6) is 0.643. The third-order valence-corrected chi connectivity index (χ3v) is 4.74. The number of ether oxygens (including phenoxy) is 1. The van der Waals surface area contributed by atoms with E-state index in [-0.39, 0.29) is 17.1 Å². The van der Waals surface area contributed by atoms with E-state index < -0.39 is 10.9 Å². The molecule has 6 heteroatoms. The van der Waals surface area contributed by atoms with Gasteiger partial charge < -0.3 is 15.4 Å². The fraction of sp³-hybridized carbons (Fsp3) is 0.350. The maximum Gasteiger partial charge on any atom is 0.253 e. The summed E-state index contributed by atoms with van der Waals surface area (Å²) in [6, 6.07) is 7.41. The fourth-order valence-electron chi connectivity index (χ4n) is 2.59. The molecule has 0 fully saturated rings. The van der Waals surface area contributed by atoms with E-state index >= 15 is 0 Å². The molecule has 0 aliphatic carbocycles. The van der Waals surface area contributed by atoms with E-state index in [9.17, 15) is 9.59 Å². The van der Waals surface area contributed by atoms with E-state index in [2.05, 4.69) is 36.4 Å². The van der Waals surface area contributed by atoms with Crippen LogP contribution in [0.25, 0.3) is 10.9 Å². The maximum absolute atomic E-state index is 12.1. The Balaban J connectivity index is 2.01. The molecule has 2 aromatic carbocycles. The zero-order valence-electron chi connectivity index (χ0n) is 15.6. The van der Waals surface area contributed by atoms with E-state index in [1.807, 2.05) is 25.1 Å². The minimum absolute atomic E-state index is 0.0199. The maximum atomic E-state index is 12.1. The highest BCUT2D eigenvalue weighted by Crippen LogP contribution is 2.32. The second kappa shape index (κ2) is 6.44. The normalized spacial score (nSPS) is 13.0. The Morgan fingerprint density at radius 2 is 1.81 bits per heavy atom. The molecule has 0 radical (unpaired) electrons. The van der Waals surface area contributed by atoms with Crippen molar-refractivity contribution in [1.82, 2.24) is 4.98 Å². The zero-order chi connectivity index (χ0) is 19.1. The first-order chi connectivity index (χ1) is 12.2. The minimum Gasteiger partial charge on any atom is -0.497 e. The smallest absolute Gasteiger partial charge is 0.253 e. The Bertz CT molecular complexity index is 1030. The molecule has 1 aromatic heterocycles. The molecule has 0 saturated carbocycles. The average molecular weight is 353 g/mol. The van der Waals surface area contributed by atoms with Gasteiger partial charge in [-0.3, -0.25) is 14.6 Å². The van der Waals surface area contributed by atoms with Crippen molar-refractivity contribution in [2.45, 2.75) is 33.7 Å². The highest BCUT2D eigenvalue weighted by molar-refractivity contribution is 5.95. The van der Waals surface area contributed by atoms with Gasteiger partial charge in [-0.2, -0.15) is 0 Å². The van der Waals surface area contributed by atoms with Gasteiger partial charge in [0.2, 0.25) is 0 Å². The Kier molecular flexibility index (Phi) is 4.44. The molecule has 136 valence electrons. The fourth-order valence-corrected chi connectivity index (χ4v) is 2.59. The van der Waals surface area contributed by atoms with E-state index in [1.54, 1.807) is 19.4 Å². The van der Waals surface area contributed by atoms with Gasteiger partial charge in [0.15, 0.2) is 0 Å². The molecule has 26 heavy (non-hydrogen) atoms. The molecule has 0 aliphatic rings. The predicted octanol–water partition coefficient (Wildman–Crippen LogP) is 3.43. The lowest BCUT2D eigenvalue weighted by molar-refractivity contribution is 0.359. The first kappa shape index (κ1) is 17.9. The SMILES string of the molecule is COc1cc(Nc2c(NC(C)C(C)(C)C)c(=O)c2=O)c2ncccc2c1. The molecule has 3 aromatic rings. The van der Waals surface area contributed by atoms with E-state index in [4.69, 9.17) is 4.74 Å². The summed E-state index contributed by atoms with van der Waals surface area (Å²) >= 11 is 0. The van der Waals surface area contributed by atoms with Crippen LogP contribution < -0.4 is 26.2 Å². The number of pyridine rings is 1. The molecule has 0 saturated heterocycles. The van der Waals surface area contributed by atoms with Gasteiger partial charge in [-0.25, -0.2) is 0 Å². The largest absolute Gasteiger partial charge is 0.497 e. The molecule has 0 aliphatic heterocycles. The molecule has 0 bridgehead atoms. The Morgan fingerprint density at radius 1 is 1.12 bits per heavy atom. The summed E-state index contributed by atoms with van der Waals surface area (Å²) in [5, 5.41) is 7.15. The lowest BCUT2D eigenvalue weighted by atomic mass is 9.87. The number of nitrogens with zero attached hydrogens (tertiary/aromatic N) is 1. The van der Waals surface area contributed by atoms with Crippen molar-refractivity contribution in [3.05, 3.63) is 50.9 Å². The van der Waals surface area contributed by atoms with Crippen LogP contribution in [0.5, 0.6) is 5.75 Å². The van der Waals surface area contributed by atoms with Crippen molar-refractivity contribution in [2.24, 2.45) is 5.41 Å². The van der Waals surface area contributed by atoms with Crippen molar-refractivity contribution in [2.75, 3.05) is 17.7 Å². The van der Waals surface area contributed by atoms with Crippen LogP contribution >= 0.6 is 0 Å². The van der Waals surface area contributed by atoms with E-state index in [0.717, 1.165) is 5.39 Å². The lowest BCUT2D eigenvalue weighted by Gasteiger charge is -2.30. The number of fused-ring (bicyclic) bond motifs is 1. The van der Waals surface area contributed by atoms with Gasteiger partial charge in [0.05, 0.1) is 18.3 Å². The lowest BCUT2D eigenvalue weighted by Crippen LogP contribution is -2.41. The number of methoxy groups -OCH3 is 1. The van der Waals surface area contributed by atoms with Gasteiger partial charge in [-0.05, 0) is 24.5 Å². The summed E-state index contributed by atoms with van der Waals surface area (Å²) < 4.78 is 5.33. The van der Waals surface area contributed by atoms with Crippen molar-refractivity contribution in [3.63, 3.8) is 0 Å². The summed E-state index contributed by atoms with van der Waals surface area (Å²) in [4.78, 5) is 28.6. The van der Waals surface area contributed by atoms with E-state index in [1.165, 1.54) is 0 Å². The monoisotopic (exact) mass is 353 g/mol. The number of anilines is 3. The molecule has 3 rings (SSSR count). The Labute approximate surface area is 151 Å². The van der Waals surface area contributed by atoms with Gasteiger partial charge in [-0.1, -0.05) is 26.8 Å². The standard InChI is InChI=1S/C20H23N3O3/c1-11(20(2,3)4)22-16-17(19(25)18(16)24)23-14-10-13(26-5)9-12-7-6-8-21-15(12)14/h6-11,22-23H,1-5H3. The Hall–Kier alpha value is -2.89. The Morgan fingerprint density at radius 3 is 2.46 bits per heavy atom. The van der Waals surface area contributed by atoms with Crippen molar-refractivity contribution < 1.29 is 4.74 Å². The number of hydrogen-bond acceptors (Lipinski definition) is 6. The van der Waals surface area contributed by atoms with Crippen LogP contribution in [0.1, 0.15) is 27.7 Å². The third kappa shape index (κ3) is 3.14. The van der Waals surface area contributed by atoms with Crippen molar-refractivity contribution >= 4 is 28.0 Å². The van der Waals surface area contributed by atoms with Gasteiger partial charge in [0.25, 0.3) is 10.9 Å². The molecule has 1 heterocycles. The van der Waals surface area contributed by atoms with Gasteiger partial charge in [0.1, 0.15) is 17.1 Å². The van der Waals surface area contributed by atoms with Gasteiger partial charge in [-0.15, -0.1) is 0 Å². The molecule has 0 amide bonds. The second-order valence-corrected chi connectivity index (χ2v) is 7.52. The van der Waals surface area contributed by atoms with Crippen LogP contribution in [0.2, 0.25) is 0 Å². The predicted molar refractivity (Wildman–Crippen MR) is 105 cm³/mol. The molecule has 6 nitrogen and oxygen atoms in total. The molecular weight excluding hydrogens is 330 g/mol. The van der Waals surface area contributed by atoms with Crippen LogP contribution in [-0.2, 0) is 0 Å². The van der Waals surface area contributed by atoms with Crippen LogP contribution in [0.15, 0.2) is 40.1 Å². The van der Waals surface area contributed by atoms with Crippen molar-refractivity contribution in [1.29, 1.82) is 0 Å². The molecule has 0 spiro atoms. The zero-order valence-corrected chi connectivity index (χ0v) is 15.6. The summed E-state index contributed by atoms with van der Waals surface area (Å²) in [5.41, 5.74) is 0.843. The highest BCUT2D eigenvalue weighted by Gasteiger charge is 2.27. The van der Waals surface area contributed by atoms with Gasteiger partial charge in [0, 0.05) is 23.7 Å². The number of rotatable bonds is 5. The highest BCUT2D eigenvalue weighted by atomic mass is 16.5. The molecule has 2 N–H and O–H groups in total. The van der Waals surface area contributed by atoms with Gasteiger partial charge >= 0.3 is 0 Å². The molecule has 1 atom stereocenters. The summed E-state index contributed by atoms with van der Waals surface area (Å²) in [7, 11) is 1.58. The minimum atomic E-state index is -0.527. The number of benzene rings is 1. The second-order valence-electron chi connectivity index (χ2n) is 7.52. The first-order valence-electron chi connectivity index (χ1n) is 8.52. The molecular formula is C20H23N3O3. The van der Waals surface area contributed by atoms with Crippen LogP contribution in [0, 0.1) is 5.41 Å². The quantitative estimate of drug-likeness (QED) is 0.684. The number of hydrogen-bond donors (Lipinski definition) is 2. The first-order valence-corrected chi connectivity index (χ1v) is 8.52. The van der Waals surface area contributed by atoms with Crippen LogP contribution in [-0.4, -0.2) is 18.1 Å². The topological polar surface area (TPSA) is 80.3 Å². The summed E-state index contributed by atoms with van der Waals surface area (Å²) in [6.07, 6.45) is 1.68. The molecule has 1 unspecified atom stereocenters. The van der Waals surface area contributed by atoms with Crippen LogP contribution in [0.4, 0.5) is 17.1 Å². The number of nitrogens with one attached hydrogen (secondary N) is 2.